The lowest BCUT2D eigenvalue weighted by molar-refractivity contribution is -0.137. The van der Waals surface area contributed by atoms with Crippen molar-refractivity contribution >= 4 is 70.9 Å². The quantitative estimate of drug-likeness (QED) is 0.0184. The molecular weight excluding hydrogens is 952 g/mol. The number of halogens is 3. The van der Waals surface area contributed by atoms with E-state index in [4.69, 9.17) is 35.5 Å². The number of aliphatic imine (C=N–C) groups is 2. The molecule has 1 aliphatic heterocycles. The van der Waals surface area contributed by atoms with Crippen LogP contribution in [0.2, 0.25) is 5.02 Å². The molecule has 4 aromatic carbocycles. The SMILES string of the molecule is C=N/C=C(CC)\C(=N/c1ccc(C(=O)NCCOCCNCCOCCOCCOCC(=O)Nc2cccc(C=O)c2CN(C)C2CCC(=O)NC2=O)cc1)c1ccc(Cl)cc1C(=C)c1c(F)cccc1F. The number of likely N-dealkylation sites (N-methyl/N-ethyl adjacent to an activating group) is 1. The van der Waals surface area contributed by atoms with Gasteiger partial charge in [0.05, 0.1) is 69.3 Å². The maximum Gasteiger partial charge on any atom is 0.251 e. The van der Waals surface area contributed by atoms with E-state index in [2.05, 4.69) is 39.6 Å². The molecule has 4 N–H and O–H groups in total. The number of benzene rings is 4. The third-order valence-electron chi connectivity index (χ3n) is 11.2. The van der Waals surface area contributed by atoms with Crippen molar-refractivity contribution in [2.45, 2.75) is 38.8 Å². The van der Waals surface area contributed by atoms with Gasteiger partial charge in [-0.05, 0) is 97.9 Å². The van der Waals surface area contributed by atoms with Crippen molar-refractivity contribution < 1.29 is 51.7 Å². The molecule has 19 heteroatoms. The lowest BCUT2D eigenvalue weighted by Gasteiger charge is -2.30. The molecular formula is C53H60ClF2N7O9. The van der Waals surface area contributed by atoms with Gasteiger partial charge in [0.15, 0.2) is 0 Å². The minimum absolute atomic E-state index is 0.0913. The Morgan fingerprint density at radius 3 is 2.19 bits per heavy atom. The van der Waals surface area contributed by atoms with Crippen molar-refractivity contribution in [3.8, 4) is 0 Å². The average molecular weight is 1010 g/mol. The first kappa shape index (κ1) is 56.3. The van der Waals surface area contributed by atoms with E-state index in [0.29, 0.717) is 127 Å². The highest BCUT2D eigenvalue weighted by molar-refractivity contribution is 6.31. The number of carbonyl (C=O) groups excluding carboxylic acids is 5. The van der Waals surface area contributed by atoms with Crippen LogP contribution < -0.4 is 21.3 Å². The van der Waals surface area contributed by atoms with Gasteiger partial charge < -0.3 is 34.9 Å². The van der Waals surface area contributed by atoms with Crippen LogP contribution in [0.4, 0.5) is 20.2 Å². The number of carbonyl (C=O) groups is 5. The van der Waals surface area contributed by atoms with Crippen LogP contribution in [-0.4, -0.2) is 133 Å². The fraction of sp³-hybridized carbons (Fsp3) is 0.340. The largest absolute Gasteiger partial charge is 0.378 e. The van der Waals surface area contributed by atoms with Crippen LogP contribution in [-0.2, 0) is 39.9 Å². The van der Waals surface area contributed by atoms with Crippen LogP contribution in [0.1, 0.15) is 69.2 Å². The lowest BCUT2D eigenvalue weighted by atomic mass is 9.89. The van der Waals surface area contributed by atoms with E-state index in [1.165, 1.54) is 6.07 Å². The lowest BCUT2D eigenvalue weighted by Crippen LogP contribution is -2.51. The van der Waals surface area contributed by atoms with Gasteiger partial charge in [-0.1, -0.05) is 49.4 Å². The van der Waals surface area contributed by atoms with Crippen molar-refractivity contribution in [3.63, 3.8) is 0 Å². The smallest absolute Gasteiger partial charge is 0.251 e. The van der Waals surface area contributed by atoms with Gasteiger partial charge in [-0.15, -0.1) is 0 Å². The minimum Gasteiger partial charge on any atom is -0.378 e. The summed E-state index contributed by atoms with van der Waals surface area (Å²) in [6, 6.07) is 19.6. The minimum atomic E-state index is -0.764. The number of piperidine rings is 1. The van der Waals surface area contributed by atoms with Crippen LogP contribution in [0.25, 0.3) is 5.57 Å². The monoisotopic (exact) mass is 1010 g/mol. The number of aldehydes is 1. The fourth-order valence-corrected chi connectivity index (χ4v) is 7.73. The summed E-state index contributed by atoms with van der Waals surface area (Å²) < 4.78 is 52.0. The van der Waals surface area contributed by atoms with Gasteiger partial charge >= 0.3 is 0 Å². The Balaban J connectivity index is 0.931. The highest BCUT2D eigenvalue weighted by Crippen LogP contribution is 2.33. The van der Waals surface area contributed by atoms with Crippen molar-refractivity contribution in [3.05, 3.63) is 147 Å². The first-order chi connectivity index (χ1) is 34.8. The standard InChI is InChI=1S/C53H60ClF2N7O9/c1-5-36(31-57-3)51(41-17-14-39(54)30-42(41)35(2)50-44(55)9-7-10-45(50)56)60-40-15-12-37(13-16-40)52(67)59-22-25-69-23-20-58-21-24-70-26-27-71-28-29-72-34-49(66)61-46-11-6-8-38(33-64)43(46)32-63(4)47-18-19-48(65)62-53(47)68/h6-17,30-31,33,47,58H,2-3,5,18-29,32,34H2,1,4H3,(H,59,67)(H,61,66)(H,62,65,68)/b36-31-,60-51+. The molecule has 1 atom stereocenters. The number of allylic oxidation sites excluding steroid dienone is 1. The van der Waals surface area contributed by atoms with Crippen molar-refractivity contribution in [2.24, 2.45) is 9.98 Å². The molecule has 5 rings (SSSR count). The number of nitrogens with zero attached hydrogens (tertiary/aromatic N) is 3. The molecule has 4 aromatic rings. The highest BCUT2D eigenvalue weighted by Gasteiger charge is 2.30. The van der Waals surface area contributed by atoms with Crippen LogP contribution in [0.15, 0.2) is 107 Å². The zero-order valence-corrected chi connectivity index (χ0v) is 41.2. The summed E-state index contributed by atoms with van der Waals surface area (Å²) in [4.78, 5) is 71.9. The molecule has 0 radical (unpaired) electrons. The summed E-state index contributed by atoms with van der Waals surface area (Å²) in [5, 5.41) is 11.5. The summed E-state index contributed by atoms with van der Waals surface area (Å²) >= 11 is 6.38. The Morgan fingerprint density at radius 1 is 0.875 bits per heavy atom. The third kappa shape index (κ3) is 17.0. The van der Waals surface area contributed by atoms with Crippen molar-refractivity contribution in [1.29, 1.82) is 0 Å². The maximum absolute atomic E-state index is 14.9. The van der Waals surface area contributed by atoms with Gasteiger partial charge in [0.25, 0.3) is 5.91 Å². The van der Waals surface area contributed by atoms with E-state index in [1.54, 1.807) is 78.8 Å². The molecule has 382 valence electrons. The molecule has 1 saturated heterocycles. The van der Waals surface area contributed by atoms with E-state index >= 15 is 0 Å². The van der Waals surface area contributed by atoms with Gasteiger partial charge in [0, 0.05) is 71.8 Å². The van der Waals surface area contributed by atoms with Gasteiger partial charge in [-0.2, -0.15) is 0 Å². The summed E-state index contributed by atoms with van der Waals surface area (Å²) in [5.74, 6) is -2.95. The number of nitrogens with one attached hydrogen (secondary N) is 4. The summed E-state index contributed by atoms with van der Waals surface area (Å²) in [5.41, 5.74) is 4.15. The summed E-state index contributed by atoms with van der Waals surface area (Å²) in [6.07, 6.45) is 3.34. The normalized spacial score (nSPS) is 14.0. The maximum atomic E-state index is 14.9. The van der Waals surface area contributed by atoms with E-state index in [9.17, 15) is 32.8 Å². The second kappa shape index (κ2) is 29.6. The fourth-order valence-electron chi connectivity index (χ4n) is 7.56. The Hall–Kier alpha value is -6.64. The number of imide groups is 1. The van der Waals surface area contributed by atoms with Gasteiger partial charge in [-0.25, -0.2) is 13.8 Å². The average Bonchev–Trinajstić information content (AvgIpc) is 3.36. The van der Waals surface area contributed by atoms with E-state index in [-0.39, 0.29) is 55.7 Å². The van der Waals surface area contributed by atoms with Crippen LogP contribution in [0, 0.1) is 11.6 Å². The predicted molar refractivity (Wildman–Crippen MR) is 273 cm³/mol. The van der Waals surface area contributed by atoms with Crippen molar-refractivity contribution in [1.82, 2.24) is 20.9 Å². The van der Waals surface area contributed by atoms with Gasteiger partial charge in [-0.3, -0.25) is 39.2 Å². The Labute approximate surface area is 422 Å². The molecule has 72 heavy (non-hydrogen) atoms. The number of hydrogen-bond acceptors (Lipinski definition) is 13. The second-order valence-electron chi connectivity index (χ2n) is 16.3. The van der Waals surface area contributed by atoms with Crippen LogP contribution in [0.5, 0.6) is 0 Å². The second-order valence-corrected chi connectivity index (χ2v) is 16.7. The Bertz CT molecular complexity index is 2590. The first-order valence-electron chi connectivity index (χ1n) is 23.3. The molecule has 0 aliphatic carbocycles. The third-order valence-corrected chi connectivity index (χ3v) is 11.5. The Morgan fingerprint density at radius 2 is 1.53 bits per heavy atom. The molecule has 1 unspecified atom stereocenters. The predicted octanol–water partition coefficient (Wildman–Crippen LogP) is 6.87. The van der Waals surface area contributed by atoms with E-state index in [0.717, 1.165) is 12.1 Å². The first-order valence-corrected chi connectivity index (χ1v) is 23.7. The molecule has 0 aromatic heterocycles. The molecule has 4 amide bonds. The zero-order chi connectivity index (χ0) is 51.8. The number of ether oxygens (including phenoxy) is 4. The zero-order valence-electron chi connectivity index (χ0n) is 40.4. The van der Waals surface area contributed by atoms with Gasteiger partial charge in [0.2, 0.25) is 17.7 Å². The number of amides is 4. The summed E-state index contributed by atoms with van der Waals surface area (Å²) in [7, 11) is 1.72. The van der Waals surface area contributed by atoms with Crippen LogP contribution >= 0.6 is 11.6 Å². The van der Waals surface area contributed by atoms with E-state index in [1.807, 2.05) is 6.92 Å². The molecule has 1 aliphatic rings. The number of anilines is 1. The molecule has 0 spiro atoms. The van der Waals surface area contributed by atoms with Crippen LogP contribution in [0.3, 0.4) is 0 Å². The van der Waals surface area contributed by atoms with E-state index < -0.39 is 29.5 Å². The summed E-state index contributed by atoms with van der Waals surface area (Å²) in [6.45, 7) is 13.3. The Kier molecular flexibility index (Phi) is 23.2. The molecule has 0 saturated carbocycles. The molecule has 1 fully saturated rings. The number of hydrogen-bond donors (Lipinski definition) is 4. The molecule has 0 bridgehead atoms. The highest BCUT2D eigenvalue weighted by atomic mass is 35.5. The molecule has 1 heterocycles. The number of rotatable bonds is 30. The molecule has 16 nitrogen and oxygen atoms in total. The topological polar surface area (TPSA) is 198 Å². The van der Waals surface area contributed by atoms with Crippen molar-refractivity contribution in [2.75, 3.05) is 84.9 Å². The van der Waals surface area contributed by atoms with Gasteiger partial charge in [0.1, 0.15) is 24.5 Å².